The molecule has 1 fully saturated rings. The van der Waals surface area contributed by atoms with Gasteiger partial charge in [0, 0.05) is 25.4 Å². The van der Waals surface area contributed by atoms with Crippen LogP contribution in [0.2, 0.25) is 0 Å². The summed E-state index contributed by atoms with van der Waals surface area (Å²) in [7, 11) is 0. The zero-order valence-electron chi connectivity index (χ0n) is 13.1. The summed E-state index contributed by atoms with van der Waals surface area (Å²) < 4.78 is 5.36. The van der Waals surface area contributed by atoms with Gasteiger partial charge in [-0.05, 0) is 29.7 Å². The number of urea groups is 1. The molecule has 0 aliphatic carbocycles. The van der Waals surface area contributed by atoms with E-state index in [2.05, 4.69) is 17.4 Å². The fourth-order valence-corrected chi connectivity index (χ4v) is 4.00. The summed E-state index contributed by atoms with van der Waals surface area (Å²) in [5.74, 6) is 1.73. The molecule has 6 heteroatoms. The summed E-state index contributed by atoms with van der Waals surface area (Å²) >= 11 is 1.81. The summed E-state index contributed by atoms with van der Waals surface area (Å²) in [5, 5.41) is 2.82. The Kier molecular flexibility index (Phi) is 5.43. The van der Waals surface area contributed by atoms with E-state index in [9.17, 15) is 9.59 Å². The Morgan fingerprint density at radius 1 is 1.30 bits per heavy atom. The van der Waals surface area contributed by atoms with Gasteiger partial charge in [-0.15, -0.1) is 0 Å². The van der Waals surface area contributed by atoms with Crippen LogP contribution in [0.5, 0.6) is 0 Å². The van der Waals surface area contributed by atoms with Crippen molar-refractivity contribution in [1.82, 2.24) is 10.2 Å². The highest BCUT2D eigenvalue weighted by Crippen LogP contribution is 2.20. The molecule has 1 aromatic rings. The summed E-state index contributed by atoms with van der Waals surface area (Å²) in [6, 6.07) is 8.09. The molecule has 124 valence electrons. The summed E-state index contributed by atoms with van der Waals surface area (Å²) in [5.41, 5.74) is 2.52. The van der Waals surface area contributed by atoms with E-state index in [0.29, 0.717) is 19.6 Å². The van der Waals surface area contributed by atoms with Crippen molar-refractivity contribution in [2.75, 3.05) is 24.6 Å². The molecule has 5 nitrogen and oxygen atoms in total. The number of esters is 1. The maximum Gasteiger partial charge on any atom is 0.317 e. The molecule has 0 bridgehead atoms. The molecule has 0 spiro atoms. The van der Waals surface area contributed by atoms with E-state index in [4.69, 9.17) is 4.74 Å². The first-order valence-electron chi connectivity index (χ1n) is 8.09. The zero-order valence-corrected chi connectivity index (χ0v) is 13.9. The number of carbonyl (C=O) groups excluding carboxylic acids is 2. The van der Waals surface area contributed by atoms with Gasteiger partial charge in [-0.3, -0.25) is 4.79 Å². The minimum atomic E-state index is -0.221. The number of nitrogens with zero attached hydrogens (tertiary/aromatic N) is 1. The number of hydrogen-bond acceptors (Lipinski definition) is 4. The first-order chi connectivity index (χ1) is 11.2. The molecular formula is C17H22N2O3S. The van der Waals surface area contributed by atoms with Gasteiger partial charge >= 0.3 is 12.0 Å². The van der Waals surface area contributed by atoms with E-state index in [0.717, 1.165) is 24.3 Å². The molecule has 0 saturated carbocycles. The maximum absolute atomic E-state index is 12.2. The first kappa shape index (κ1) is 16.2. The van der Waals surface area contributed by atoms with E-state index in [1.165, 1.54) is 11.1 Å². The van der Waals surface area contributed by atoms with Gasteiger partial charge in [0.15, 0.2) is 0 Å². The Bertz CT molecular complexity index is 573. The van der Waals surface area contributed by atoms with Crippen LogP contribution in [-0.4, -0.2) is 47.6 Å². The largest absolute Gasteiger partial charge is 0.461 e. The average Bonchev–Trinajstić information content (AvgIpc) is 3.07. The minimum absolute atomic E-state index is 0.0572. The Balaban J connectivity index is 1.39. The Morgan fingerprint density at radius 2 is 2.13 bits per heavy atom. The molecule has 0 unspecified atom stereocenters. The summed E-state index contributed by atoms with van der Waals surface area (Å²) in [6.45, 7) is 1.67. The van der Waals surface area contributed by atoms with Gasteiger partial charge in [0.05, 0.1) is 6.42 Å². The number of carbonyl (C=O) groups is 2. The molecule has 0 radical (unpaired) electrons. The average molecular weight is 334 g/mol. The van der Waals surface area contributed by atoms with Crippen LogP contribution >= 0.6 is 11.8 Å². The lowest BCUT2D eigenvalue weighted by atomic mass is 10.0. The predicted octanol–water partition coefficient (Wildman–Crippen LogP) is 2.19. The van der Waals surface area contributed by atoms with Gasteiger partial charge in [-0.25, -0.2) is 4.79 Å². The number of ether oxygens (including phenoxy) is 1. The number of thioether (sulfide) groups is 1. The van der Waals surface area contributed by atoms with Gasteiger partial charge in [0.1, 0.15) is 6.10 Å². The van der Waals surface area contributed by atoms with Crippen LogP contribution in [0.4, 0.5) is 4.79 Å². The van der Waals surface area contributed by atoms with Crippen LogP contribution in [0.3, 0.4) is 0 Å². The molecule has 23 heavy (non-hydrogen) atoms. The van der Waals surface area contributed by atoms with E-state index in [-0.39, 0.29) is 24.5 Å². The molecule has 2 heterocycles. The van der Waals surface area contributed by atoms with E-state index >= 15 is 0 Å². The fraction of sp³-hybridized carbons (Fsp3) is 0.529. The van der Waals surface area contributed by atoms with Crippen molar-refractivity contribution in [3.63, 3.8) is 0 Å². The molecule has 1 atom stereocenters. The van der Waals surface area contributed by atoms with Crippen LogP contribution in [0.15, 0.2) is 24.3 Å². The lowest BCUT2D eigenvalue weighted by Crippen LogP contribution is -2.43. The van der Waals surface area contributed by atoms with Gasteiger partial charge in [-0.2, -0.15) is 11.8 Å². The van der Waals surface area contributed by atoms with Crippen molar-refractivity contribution in [2.45, 2.75) is 31.9 Å². The highest BCUT2D eigenvalue weighted by Gasteiger charge is 2.21. The molecule has 2 amide bonds. The quantitative estimate of drug-likeness (QED) is 0.858. The third-order valence-electron chi connectivity index (χ3n) is 4.21. The lowest BCUT2D eigenvalue weighted by Gasteiger charge is -2.28. The SMILES string of the molecule is O=C(CCNC(=O)N1CCc2ccccc2C1)O[C@H]1CCSC1. The topological polar surface area (TPSA) is 58.6 Å². The number of nitrogens with one attached hydrogen (secondary N) is 1. The number of fused-ring (bicyclic) bond motifs is 1. The van der Waals surface area contributed by atoms with E-state index < -0.39 is 0 Å². The molecule has 3 rings (SSSR count). The Hall–Kier alpha value is -1.69. The molecule has 2 aliphatic rings. The van der Waals surface area contributed by atoms with Crippen LogP contribution in [0, 0.1) is 0 Å². The second-order valence-corrected chi connectivity index (χ2v) is 7.05. The van der Waals surface area contributed by atoms with Crippen LogP contribution < -0.4 is 5.32 Å². The molecule has 2 aliphatic heterocycles. The van der Waals surface area contributed by atoms with Crippen molar-refractivity contribution in [3.05, 3.63) is 35.4 Å². The molecule has 1 saturated heterocycles. The van der Waals surface area contributed by atoms with E-state index in [1.807, 2.05) is 23.9 Å². The molecule has 1 N–H and O–H groups in total. The number of rotatable bonds is 4. The molecule has 0 aromatic heterocycles. The first-order valence-corrected chi connectivity index (χ1v) is 9.24. The number of amides is 2. The number of benzene rings is 1. The number of hydrogen-bond donors (Lipinski definition) is 1. The van der Waals surface area contributed by atoms with Gasteiger partial charge in [-0.1, -0.05) is 24.3 Å². The summed E-state index contributed by atoms with van der Waals surface area (Å²) in [6.07, 6.45) is 2.11. The molecular weight excluding hydrogens is 312 g/mol. The fourth-order valence-electron chi connectivity index (χ4n) is 2.90. The van der Waals surface area contributed by atoms with E-state index in [1.54, 1.807) is 4.90 Å². The van der Waals surface area contributed by atoms with Crippen molar-refractivity contribution in [2.24, 2.45) is 0 Å². The smallest absolute Gasteiger partial charge is 0.317 e. The van der Waals surface area contributed by atoms with Crippen molar-refractivity contribution in [3.8, 4) is 0 Å². The maximum atomic E-state index is 12.2. The van der Waals surface area contributed by atoms with Gasteiger partial charge in [0.25, 0.3) is 0 Å². The van der Waals surface area contributed by atoms with Crippen molar-refractivity contribution in [1.29, 1.82) is 0 Å². The summed E-state index contributed by atoms with van der Waals surface area (Å²) in [4.78, 5) is 25.7. The third kappa shape index (κ3) is 4.41. The third-order valence-corrected chi connectivity index (χ3v) is 5.34. The zero-order chi connectivity index (χ0) is 16.1. The minimum Gasteiger partial charge on any atom is -0.461 e. The standard InChI is InChI=1S/C17H22N2O3S/c20-16(22-15-7-10-23-12-15)5-8-18-17(21)19-9-6-13-3-1-2-4-14(13)11-19/h1-4,15H,5-12H2,(H,18,21)/t15-/m0/s1. The van der Waals surface area contributed by atoms with Crippen LogP contribution in [0.25, 0.3) is 0 Å². The van der Waals surface area contributed by atoms with Crippen LogP contribution in [-0.2, 0) is 22.5 Å². The highest BCUT2D eigenvalue weighted by molar-refractivity contribution is 7.99. The molecule has 1 aromatic carbocycles. The highest BCUT2D eigenvalue weighted by atomic mass is 32.2. The Morgan fingerprint density at radius 3 is 2.91 bits per heavy atom. The normalized spacial score (nSPS) is 20.0. The van der Waals surface area contributed by atoms with Crippen molar-refractivity contribution < 1.29 is 14.3 Å². The van der Waals surface area contributed by atoms with Gasteiger partial charge < -0.3 is 15.0 Å². The van der Waals surface area contributed by atoms with Crippen LogP contribution in [0.1, 0.15) is 24.0 Å². The predicted molar refractivity (Wildman–Crippen MR) is 90.4 cm³/mol. The second kappa shape index (κ2) is 7.73. The lowest BCUT2D eigenvalue weighted by molar-refractivity contribution is -0.147. The Labute approximate surface area is 140 Å². The van der Waals surface area contributed by atoms with Crippen molar-refractivity contribution >= 4 is 23.8 Å². The monoisotopic (exact) mass is 334 g/mol. The van der Waals surface area contributed by atoms with Gasteiger partial charge in [0.2, 0.25) is 0 Å². The second-order valence-electron chi connectivity index (χ2n) is 5.90.